The summed E-state index contributed by atoms with van der Waals surface area (Å²) in [6.07, 6.45) is 3.52. The van der Waals surface area contributed by atoms with Crippen LogP contribution >= 0.6 is 11.6 Å². The van der Waals surface area contributed by atoms with Crippen molar-refractivity contribution < 1.29 is 4.74 Å². The van der Waals surface area contributed by atoms with E-state index in [2.05, 4.69) is 26.1 Å². The Morgan fingerprint density at radius 1 is 1.17 bits per heavy atom. The predicted molar refractivity (Wildman–Crippen MR) is 78.5 cm³/mol. The highest BCUT2D eigenvalue weighted by Crippen LogP contribution is 2.20. The van der Waals surface area contributed by atoms with Crippen molar-refractivity contribution in [3.63, 3.8) is 0 Å². The summed E-state index contributed by atoms with van der Waals surface area (Å²) in [6.45, 7) is 7.49. The molecule has 18 heavy (non-hydrogen) atoms. The van der Waals surface area contributed by atoms with Crippen LogP contribution < -0.4 is 10.1 Å². The molecule has 0 saturated heterocycles. The van der Waals surface area contributed by atoms with Crippen LogP contribution in [0.2, 0.25) is 5.02 Å². The Morgan fingerprint density at radius 3 is 2.33 bits per heavy atom. The Balaban J connectivity index is 2.66. The van der Waals surface area contributed by atoms with E-state index >= 15 is 0 Å². The lowest BCUT2D eigenvalue weighted by Gasteiger charge is -2.27. The van der Waals surface area contributed by atoms with E-state index in [0.29, 0.717) is 6.04 Å². The predicted octanol–water partition coefficient (Wildman–Crippen LogP) is 4.28. The Morgan fingerprint density at radius 2 is 1.83 bits per heavy atom. The molecule has 3 heteroatoms. The zero-order chi connectivity index (χ0) is 13.4. The van der Waals surface area contributed by atoms with Gasteiger partial charge in [-0.3, -0.25) is 0 Å². The van der Waals surface area contributed by atoms with Crippen molar-refractivity contribution >= 4 is 11.6 Å². The van der Waals surface area contributed by atoms with Gasteiger partial charge in [0.1, 0.15) is 11.9 Å². The number of hydrogen-bond donors (Lipinski definition) is 1. The number of nitrogens with one attached hydrogen (secondary N) is 1. The Kier molecular flexibility index (Phi) is 7.14. The van der Waals surface area contributed by atoms with Gasteiger partial charge in [0.2, 0.25) is 0 Å². The fraction of sp³-hybridized carbons (Fsp3) is 0.600. The highest BCUT2D eigenvalue weighted by Gasteiger charge is 2.19. The lowest BCUT2D eigenvalue weighted by Crippen LogP contribution is -2.42. The number of rotatable bonds is 8. The van der Waals surface area contributed by atoms with E-state index < -0.39 is 0 Å². The first-order valence-corrected chi connectivity index (χ1v) is 7.24. The standard InChI is InChI=1S/C15H24ClNO/c1-4-7-14(17-6-3)15(5-2)18-13-10-8-12(16)9-11-13/h8-11,14-15,17H,4-7H2,1-3H3. The average molecular weight is 270 g/mol. The summed E-state index contributed by atoms with van der Waals surface area (Å²) in [5.74, 6) is 0.894. The molecule has 0 aliphatic heterocycles. The topological polar surface area (TPSA) is 21.3 Å². The van der Waals surface area contributed by atoms with Gasteiger partial charge in [0, 0.05) is 11.1 Å². The van der Waals surface area contributed by atoms with Crippen LogP contribution in [0.4, 0.5) is 0 Å². The molecule has 102 valence electrons. The van der Waals surface area contributed by atoms with Gasteiger partial charge in [-0.2, -0.15) is 0 Å². The first-order valence-electron chi connectivity index (χ1n) is 6.86. The monoisotopic (exact) mass is 269 g/mol. The summed E-state index contributed by atoms with van der Waals surface area (Å²) in [6, 6.07) is 8.01. The normalized spacial score (nSPS) is 14.2. The molecule has 1 aromatic carbocycles. The molecule has 0 aromatic heterocycles. The molecule has 2 nitrogen and oxygen atoms in total. The van der Waals surface area contributed by atoms with Gasteiger partial charge in [-0.1, -0.05) is 38.8 Å². The van der Waals surface area contributed by atoms with E-state index in [1.54, 1.807) is 0 Å². The molecule has 1 aromatic rings. The maximum Gasteiger partial charge on any atom is 0.119 e. The maximum absolute atomic E-state index is 6.06. The molecule has 2 unspecified atom stereocenters. The van der Waals surface area contributed by atoms with Crippen LogP contribution in [0.25, 0.3) is 0 Å². The van der Waals surface area contributed by atoms with Crippen LogP contribution in [0.5, 0.6) is 5.75 Å². The van der Waals surface area contributed by atoms with Crippen molar-refractivity contribution in [1.82, 2.24) is 5.32 Å². The van der Waals surface area contributed by atoms with Crippen LogP contribution in [0.3, 0.4) is 0 Å². The third kappa shape index (κ3) is 4.87. The zero-order valence-electron chi connectivity index (χ0n) is 11.6. The smallest absolute Gasteiger partial charge is 0.119 e. The first-order chi connectivity index (χ1) is 8.71. The summed E-state index contributed by atoms with van der Waals surface area (Å²) in [5.41, 5.74) is 0. The van der Waals surface area contributed by atoms with E-state index in [-0.39, 0.29) is 6.10 Å². The molecule has 0 bridgehead atoms. The van der Waals surface area contributed by atoms with Gasteiger partial charge in [-0.05, 0) is 43.7 Å². The van der Waals surface area contributed by atoms with Crippen LogP contribution in [0.15, 0.2) is 24.3 Å². The first kappa shape index (κ1) is 15.3. The van der Waals surface area contributed by atoms with E-state index in [0.717, 1.165) is 36.6 Å². The third-order valence-corrected chi connectivity index (χ3v) is 3.27. The summed E-state index contributed by atoms with van der Waals surface area (Å²) in [5, 5.41) is 4.26. The Hall–Kier alpha value is -0.730. The van der Waals surface area contributed by atoms with Gasteiger partial charge in [0.15, 0.2) is 0 Å². The average Bonchev–Trinajstić information content (AvgIpc) is 2.38. The minimum absolute atomic E-state index is 0.214. The van der Waals surface area contributed by atoms with E-state index in [4.69, 9.17) is 16.3 Å². The van der Waals surface area contributed by atoms with E-state index in [1.165, 1.54) is 0 Å². The molecular formula is C15H24ClNO. The minimum atomic E-state index is 0.214. The van der Waals surface area contributed by atoms with Crippen molar-refractivity contribution in [2.45, 2.75) is 52.2 Å². The van der Waals surface area contributed by atoms with Crippen molar-refractivity contribution in [1.29, 1.82) is 0 Å². The molecule has 0 radical (unpaired) electrons. The lowest BCUT2D eigenvalue weighted by atomic mass is 10.0. The largest absolute Gasteiger partial charge is 0.489 e. The molecule has 0 amide bonds. The van der Waals surface area contributed by atoms with Gasteiger partial charge in [-0.15, -0.1) is 0 Å². The molecule has 2 atom stereocenters. The van der Waals surface area contributed by atoms with Crippen molar-refractivity contribution in [2.24, 2.45) is 0 Å². The molecule has 0 fully saturated rings. The minimum Gasteiger partial charge on any atom is -0.489 e. The molecular weight excluding hydrogens is 246 g/mol. The zero-order valence-corrected chi connectivity index (χ0v) is 12.3. The van der Waals surface area contributed by atoms with E-state index in [9.17, 15) is 0 Å². The Bertz CT molecular complexity index is 320. The molecule has 1 rings (SSSR count). The fourth-order valence-electron chi connectivity index (χ4n) is 2.13. The number of ether oxygens (including phenoxy) is 1. The van der Waals surface area contributed by atoms with Gasteiger partial charge >= 0.3 is 0 Å². The Labute approximate surface area is 116 Å². The molecule has 1 N–H and O–H groups in total. The van der Waals surface area contributed by atoms with Crippen LogP contribution in [-0.4, -0.2) is 18.7 Å². The second-order valence-electron chi connectivity index (χ2n) is 4.47. The van der Waals surface area contributed by atoms with Crippen LogP contribution in [-0.2, 0) is 0 Å². The maximum atomic E-state index is 6.06. The lowest BCUT2D eigenvalue weighted by molar-refractivity contribution is 0.143. The number of halogens is 1. The van der Waals surface area contributed by atoms with Crippen molar-refractivity contribution in [3.8, 4) is 5.75 Å². The summed E-state index contributed by atoms with van der Waals surface area (Å²) in [7, 11) is 0. The van der Waals surface area contributed by atoms with Crippen LogP contribution in [0.1, 0.15) is 40.0 Å². The fourth-order valence-corrected chi connectivity index (χ4v) is 2.26. The number of hydrogen-bond acceptors (Lipinski definition) is 2. The number of benzene rings is 1. The summed E-state index contributed by atoms with van der Waals surface area (Å²) in [4.78, 5) is 0. The molecule has 0 heterocycles. The second kappa shape index (κ2) is 8.39. The van der Waals surface area contributed by atoms with Crippen molar-refractivity contribution in [3.05, 3.63) is 29.3 Å². The number of likely N-dealkylation sites (N-methyl/N-ethyl adjacent to an activating group) is 1. The summed E-state index contributed by atoms with van der Waals surface area (Å²) < 4.78 is 6.06. The second-order valence-corrected chi connectivity index (χ2v) is 4.91. The molecule has 0 saturated carbocycles. The summed E-state index contributed by atoms with van der Waals surface area (Å²) >= 11 is 5.88. The third-order valence-electron chi connectivity index (χ3n) is 3.02. The van der Waals surface area contributed by atoms with Gasteiger partial charge in [0.25, 0.3) is 0 Å². The SMILES string of the molecule is CCCC(NCC)C(CC)Oc1ccc(Cl)cc1. The van der Waals surface area contributed by atoms with Crippen LogP contribution in [0, 0.1) is 0 Å². The highest BCUT2D eigenvalue weighted by atomic mass is 35.5. The van der Waals surface area contributed by atoms with Gasteiger partial charge in [-0.25, -0.2) is 0 Å². The molecule has 0 aliphatic carbocycles. The highest BCUT2D eigenvalue weighted by molar-refractivity contribution is 6.30. The van der Waals surface area contributed by atoms with Gasteiger partial charge < -0.3 is 10.1 Å². The van der Waals surface area contributed by atoms with Gasteiger partial charge in [0.05, 0.1) is 0 Å². The quantitative estimate of drug-likeness (QED) is 0.761. The molecule has 0 aliphatic rings. The van der Waals surface area contributed by atoms with Crippen molar-refractivity contribution in [2.75, 3.05) is 6.54 Å². The van der Waals surface area contributed by atoms with E-state index in [1.807, 2.05) is 24.3 Å². The molecule has 0 spiro atoms.